The van der Waals surface area contributed by atoms with E-state index in [1.165, 1.54) is 12.1 Å². The normalized spacial score (nSPS) is 16.1. The molecule has 1 N–H and O–H groups in total. The highest BCUT2D eigenvalue weighted by atomic mass is 35.5. The molecule has 0 radical (unpaired) electrons. The first-order valence-electron chi connectivity index (χ1n) is 9.63. The maximum atomic E-state index is 13.6. The van der Waals surface area contributed by atoms with Crippen molar-refractivity contribution in [2.45, 2.75) is 13.0 Å². The molecular weight excluding hydrogens is 407 g/mol. The molecule has 8 heteroatoms. The highest BCUT2D eigenvalue weighted by molar-refractivity contribution is 6.49. The number of hydrogen-bond acceptors (Lipinski definition) is 5. The van der Waals surface area contributed by atoms with Crippen molar-refractivity contribution in [2.75, 3.05) is 19.7 Å². The molecule has 5 rings (SSSR count). The fourth-order valence-electron chi connectivity index (χ4n) is 3.86. The second-order valence-corrected chi connectivity index (χ2v) is 7.77. The molecule has 0 spiro atoms. The van der Waals surface area contributed by atoms with E-state index in [0.29, 0.717) is 53.9 Å². The number of fused-ring (bicyclic) bond motifs is 2. The first kappa shape index (κ1) is 19.0. The Bertz CT molecular complexity index is 1210. The molecule has 152 valence electrons. The third-order valence-electron chi connectivity index (χ3n) is 5.39. The quantitative estimate of drug-likeness (QED) is 0.698. The first-order chi connectivity index (χ1) is 14.6. The fourth-order valence-corrected chi connectivity index (χ4v) is 4.12. The van der Waals surface area contributed by atoms with Gasteiger partial charge in [-0.15, -0.1) is 0 Å². The Balaban J connectivity index is 1.39. The van der Waals surface area contributed by atoms with Gasteiger partial charge in [-0.2, -0.15) is 0 Å². The van der Waals surface area contributed by atoms with E-state index in [2.05, 4.69) is 19.9 Å². The van der Waals surface area contributed by atoms with Crippen molar-refractivity contribution in [3.05, 3.63) is 81.3 Å². The number of ether oxygens (including phenoxy) is 1. The van der Waals surface area contributed by atoms with E-state index in [9.17, 15) is 9.18 Å². The molecule has 2 aliphatic heterocycles. The molecule has 2 aliphatic rings. The smallest absolute Gasteiger partial charge is 0.255 e. The Hall–Kier alpha value is -3.03. The SMILES string of the molecule is O=c1[nH]c(-c2cccnc2)nc2c1CN(CC1=C(Cl)c3cc(F)ccc3OC1)CC2. The largest absolute Gasteiger partial charge is 0.488 e. The number of hydrogen-bond donors (Lipinski definition) is 1. The lowest BCUT2D eigenvalue weighted by molar-refractivity contribution is 0.254. The minimum Gasteiger partial charge on any atom is -0.488 e. The zero-order valence-electron chi connectivity index (χ0n) is 16.0. The Morgan fingerprint density at radius 2 is 2.20 bits per heavy atom. The standard InChI is InChI=1S/C22H18ClFN4O2/c23-20-14(12-30-19-4-3-15(24)8-16(19)20)10-28-7-5-18-17(11-28)22(29)27-21(26-18)13-2-1-6-25-9-13/h1-4,6,8-9H,5,7,10-12H2,(H,26,27,29). The minimum absolute atomic E-state index is 0.143. The highest BCUT2D eigenvalue weighted by Crippen LogP contribution is 2.36. The van der Waals surface area contributed by atoms with Gasteiger partial charge in [-0.3, -0.25) is 14.7 Å². The lowest BCUT2D eigenvalue weighted by Crippen LogP contribution is -2.37. The molecule has 0 amide bonds. The molecule has 0 unspecified atom stereocenters. The molecule has 0 fully saturated rings. The Kier molecular flexibility index (Phi) is 4.84. The van der Waals surface area contributed by atoms with E-state index in [1.807, 2.05) is 12.1 Å². The summed E-state index contributed by atoms with van der Waals surface area (Å²) in [6.07, 6.45) is 4.01. The molecular formula is C22H18ClFN4O2. The van der Waals surface area contributed by atoms with Crippen LogP contribution in [-0.2, 0) is 13.0 Å². The summed E-state index contributed by atoms with van der Waals surface area (Å²) in [7, 11) is 0. The third-order valence-corrected chi connectivity index (χ3v) is 5.86. The van der Waals surface area contributed by atoms with E-state index in [4.69, 9.17) is 16.3 Å². The van der Waals surface area contributed by atoms with Gasteiger partial charge in [0.1, 0.15) is 24.0 Å². The van der Waals surface area contributed by atoms with Gasteiger partial charge in [-0.05, 0) is 30.3 Å². The van der Waals surface area contributed by atoms with Crippen molar-refractivity contribution >= 4 is 16.6 Å². The average molecular weight is 425 g/mol. The fraction of sp³-hybridized carbons (Fsp3) is 0.227. The first-order valence-corrected chi connectivity index (χ1v) is 10.0. The molecule has 2 aromatic heterocycles. The van der Waals surface area contributed by atoms with Crippen LogP contribution in [0.2, 0.25) is 0 Å². The molecule has 0 saturated carbocycles. The number of H-pyrrole nitrogens is 1. The maximum absolute atomic E-state index is 13.6. The summed E-state index contributed by atoms with van der Waals surface area (Å²) in [6, 6.07) is 8.01. The number of aromatic nitrogens is 3. The van der Waals surface area contributed by atoms with E-state index < -0.39 is 0 Å². The van der Waals surface area contributed by atoms with Gasteiger partial charge < -0.3 is 9.72 Å². The molecule has 3 aromatic rings. The van der Waals surface area contributed by atoms with E-state index >= 15 is 0 Å². The van der Waals surface area contributed by atoms with Crippen molar-refractivity contribution in [3.8, 4) is 17.1 Å². The van der Waals surface area contributed by atoms with Crippen LogP contribution in [0.4, 0.5) is 4.39 Å². The van der Waals surface area contributed by atoms with Crippen LogP contribution in [0.5, 0.6) is 5.75 Å². The minimum atomic E-state index is -0.356. The third kappa shape index (κ3) is 3.51. The molecule has 0 atom stereocenters. The second-order valence-electron chi connectivity index (χ2n) is 7.39. The summed E-state index contributed by atoms with van der Waals surface area (Å²) in [6.45, 7) is 2.08. The van der Waals surface area contributed by atoms with Gasteiger partial charge in [0.05, 0.1) is 16.3 Å². The zero-order valence-corrected chi connectivity index (χ0v) is 16.7. The monoisotopic (exact) mass is 424 g/mol. The van der Waals surface area contributed by atoms with Crippen LogP contribution in [0.3, 0.4) is 0 Å². The highest BCUT2D eigenvalue weighted by Gasteiger charge is 2.25. The van der Waals surface area contributed by atoms with Gasteiger partial charge >= 0.3 is 0 Å². The van der Waals surface area contributed by atoms with Crippen molar-refractivity contribution in [3.63, 3.8) is 0 Å². The van der Waals surface area contributed by atoms with Crippen LogP contribution < -0.4 is 10.3 Å². The van der Waals surface area contributed by atoms with Crippen molar-refractivity contribution in [2.24, 2.45) is 0 Å². The number of pyridine rings is 1. The lowest BCUT2D eigenvalue weighted by atomic mass is 10.0. The number of aromatic amines is 1. The molecule has 4 heterocycles. The topological polar surface area (TPSA) is 71.1 Å². The molecule has 6 nitrogen and oxygen atoms in total. The number of benzene rings is 1. The molecule has 0 bridgehead atoms. The summed E-state index contributed by atoms with van der Waals surface area (Å²) >= 11 is 6.54. The van der Waals surface area contributed by atoms with Crippen LogP contribution in [0.25, 0.3) is 16.4 Å². The van der Waals surface area contributed by atoms with Crippen molar-refractivity contribution in [1.29, 1.82) is 0 Å². The van der Waals surface area contributed by atoms with Gasteiger partial charge in [0, 0.05) is 55.1 Å². The van der Waals surface area contributed by atoms with Crippen LogP contribution >= 0.6 is 11.6 Å². The van der Waals surface area contributed by atoms with Crippen LogP contribution in [0.1, 0.15) is 16.8 Å². The predicted octanol–water partition coefficient (Wildman–Crippen LogP) is 3.37. The van der Waals surface area contributed by atoms with E-state index in [-0.39, 0.29) is 11.4 Å². The summed E-state index contributed by atoms with van der Waals surface area (Å²) in [5.74, 6) is 0.758. The summed E-state index contributed by atoms with van der Waals surface area (Å²) in [5, 5.41) is 0.514. The summed E-state index contributed by atoms with van der Waals surface area (Å²) < 4.78 is 19.4. The summed E-state index contributed by atoms with van der Waals surface area (Å²) in [4.78, 5) is 26.5. The van der Waals surface area contributed by atoms with Gasteiger partial charge in [0.15, 0.2) is 0 Å². The Morgan fingerprint density at radius 3 is 3.03 bits per heavy atom. The van der Waals surface area contributed by atoms with Crippen LogP contribution in [0.15, 0.2) is 53.1 Å². The Labute approximate surface area is 177 Å². The number of halogens is 2. The number of rotatable bonds is 3. The van der Waals surface area contributed by atoms with Crippen molar-refractivity contribution < 1.29 is 9.13 Å². The van der Waals surface area contributed by atoms with Gasteiger partial charge in [-0.1, -0.05) is 11.6 Å². The lowest BCUT2D eigenvalue weighted by Gasteiger charge is -2.30. The second kappa shape index (κ2) is 7.66. The molecule has 0 aliphatic carbocycles. The molecule has 30 heavy (non-hydrogen) atoms. The van der Waals surface area contributed by atoms with Crippen LogP contribution in [-0.4, -0.2) is 39.5 Å². The molecule has 0 saturated heterocycles. The average Bonchev–Trinajstić information content (AvgIpc) is 2.77. The Morgan fingerprint density at radius 1 is 1.30 bits per heavy atom. The van der Waals surface area contributed by atoms with Gasteiger partial charge in [-0.25, -0.2) is 9.37 Å². The van der Waals surface area contributed by atoms with Gasteiger partial charge in [0.2, 0.25) is 0 Å². The van der Waals surface area contributed by atoms with E-state index in [1.54, 1.807) is 18.5 Å². The van der Waals surface area contributed by atoms with Crippen molar-refractivity contribution in [1.82, 2.24) is 19.9 Å². The number of nitrogens with one attached hydrogen (secondary N) is 1. The van der Waals surface area contributed by atoms with Crippen LogP contribution in [0, 0.1) is 5.82 Å². The zero-order chi connectivity index (χ0) is 20.7. The predicted molar refractivity (Wildman–Crippen MR) is 112 cm³/mol. The maximum Gasteiger partial charge on any atom is 0.255 e. The molecule has 1 aromatic carbocycles. The number of nitrogens with zero attached hydrogens (tertiary/aromatic N) is 3. The summed E-state index contributed by atoms with van der Waals surface area (Å²) in [5.41, 5.74) is 3.54. The van der Waals surface area contributed by atoms with E-state index in [0.717, 1.165) is 23.4 Å². The van der Waals surface area contributed by atoms with Gasteiger partial charge in [0.25, 0.3) is 5.56 Å².